The third kappa shape index (κ3) is 4.27. The van der Waals surface area contributed by atoms with Crippen LogP contribution in [0.25, 0.3) is 0 Å². The Hall–Kier alpha value is -2.26. The van der Waals surface area contributed by atoms with Crippen LogP contribution in [0.4, 0.5) is 4.39 Å². The molecule has 4 rings (SSSR count). The van der Waals surface area contributed by atoms with Crippen LogP contribution in [0.15, 0.2) is 53.4 Å². The van der Waals surface area contributed by atoms with Crippen molar-refractivity contribution in [1.29, 1.82) is 0 Å². The van der Waals surface area contributed by atoms with Crippen molar-refractivity contribution < 1.29 is 17.5 Å². The highest BCUT2D eigenvalue weighted by Crippen LogP contribution is 2.27. The second kappa shape index (κ2) is 8.47. The van der Waals surface area contributed by atoms with E-state index in [4.69, 9.17) is 16.3 Å². The molecule has 0 bridgehead atoms. The number of ether oxygens (including phenoxy) is 1. The van der Waals surface area contributed by atoms with Gasteiger partial charge in [-0.05, 0) is 35.9 Å². The van der Waals surface area contributed by atoms with Gasteiger partial charge in [-0.1, -0.05) is 29.8 Å². The lowest BCUT2D eigenvalue weighted by Gasteiger charge is -2.27. The molecule has 2 aromatic carbocycles. The van der Waals surface area contributed by atoms with Crippen LogP contribution in [0, 0.1) is 5.82 Å². The first-order valence-corrected chi connectivity index (χ1v) is 11.3. The van der Waals surface area contributed by atoms with Gasteiger partial charge in [0.25, 0.3) is 0 Å². The molecule has 3 aromatic rings. The van der Waals surface area contributed by atoms with Crippen molar-refractivity contribution >= 4 is 21.6 Å². The number of aromatic nitrogens is 2. The van der Waals surface area contributed by atoms with Crippen LogP contribution in [0.3, 0.4) is 0 Å². The average Bonchev–Trinajstić information content (AvgIpc) is 3.05. The number of hydrogen-bond acceptors (Lipinski definition) is 4. The highest BCUT2D eigenvalue weighted by molar-refractivity contribution is 7.89. The molecule has 158 valence electrons. The summed E-state index contributed by atoms with van der Waals surface area (Å²) in [7, 11) is -1.95. The maximum Gasteiger partial charge on any atom is 0.243 e. The third-order valence-electron chi connectivity index (χ3n) is 5.15. The van der Waals surface area contributed by atoms with E-state index in [1.54, 1.807) is 16.8 Å². The lowest BCUT2D eigenvalue weighted by Crippen LogP contribution is -2.36. The number of aryl methyl sites for hydroxylation is 1. The van der Waals surface area contributed by atoms with Crippen LogP contribution in [0.2, 0.25) is 5.02 Å². The zero-order valence-corrected chi connectivity index (χ0v) is 18.0. The summed E-state index contributed by atoms with van der Waals surface area (Å²) in [5.74, 6) is -0.577. The molecular weight excluding hydrogens is 429 g/mol. The molecule has 30 heavy (non-hydrogen) atoms. The normalized spacial score (nSPS) is 14.6. The summed E-state index contributed by atoms with van der Waals surface area (Å²) in [4.78, 5) is -0.0459. The molecule has 0 amide bonds. The minimum atomic E-state index is -3.80. The van der Waals surface area contributed by atoms with Crippen molar-refractivity contribution in [3.05, 3.63) is 81.9 Å². The summed E-state index contributed by atoms with van der Waals surface area (Å²) in [6.07, 6.45) is 0.532. The maximum atomic E-state index is 13.6. The van der Waals surface area contributed by atoms with Crippen molar-refractivity contribution in [1.82, 2.24) is 14.1 Å². The van der Waals surface area contributed by atoms with Crippen molar-refractivity contribution in [2.75, 3.05) is 6.54 Å². The Balaban J connectivity index is 1.51. The predicted molar refractivity (Wildman–Crippen MR) is 111 cm³/mol. The van der Waals surface area contributed by atoms with Gasteiger partial charge in [0.2, 0.25) is 10.0 Å². The Bertz CT molecular complexity index is 1160. The number of nitrogens with zero attached hydrogens (tertiary/aromatic N) is 3. The predicted octanol–water partition coefficient (Wildman–Crippen LogP) is 3.68. The molecule has 9 heteroatoms. The van der Waals surface area contributed by atoms with E-state index >= 15 is 0 Å². The van der Waals surface area contributed by atoms with Gasteiger partial charge in [-0.2, -0.15) is 9.40 Å². The van der Waals surface area contributed by atoms with Crippen molar-refractivity contribution in [3.63, 3.8) is 0 Å². The van der Waals surface area contributed by atoms with Crippen molar-refractivity contribution in [3.8, 4) is 0 Å². The summed E-state index contributed by atoms with van der Waals surface area (Å²) in [6.45, 7) is 1.16. The van der Waals surface area contributed by atoms with Gasteiger partial charge in [-0.25, -0.2) is 12.8 Å². The molecule has 0 spiro atoms. The molecule has 1 aliphatic heterocycles. The Kier molecular flexibility index (Phi) is 5.92. The van der Waals surface area contributed by atoms with Gasteiger partial charge in [0.05, 0.1) is 23.8 Å². The van der Waals surface area contributed by atoms with Gasteiger partial charge in [0, 0.05) is 42.8 Å². The summed E-state index contributed by atoms with van der Waals surface area (Å²) in [5, 5.41) is 5.19. The Labute approximate surface area is 179 Å². The van der Waals surface area contributed by atoms with Gasteiger partial charge in [-0.15, -0.1) is 0 Å². The van der Waals surface area contributed by atoms with E-state index in [2.05, 4.69) is 5.10 Å². The largest absolute Gasteiger partial charge is 0.370 e. The van der Waals surface area contributed by atoms with Crippen molar-refractivity contribution in [2.24, 2.45) is 7.05 Å². The van der Waals surface area contributed by atoms with Crippen molar-refractivity contribution in [2.45, 2.75) is 31.1 Å². The van der Waals surface area contributed by atoms with Crippen LogP contribution in [0.1, 0.15) is 22.5 Å². The van der Waals surface area contributed by atoms with Crippen LogP contribution in [-0.4, -0.2) is 29.0 Å². The standard InChI is InChI=1S/C21H21ClFN3O3S/c1-25-21-9-10-26(30(27,28)18-4-2-3-17(23)11-18)12-19(21)20(24-25)14-29-13-15-5-7-16(22)8-6-15/h2-8,11H,9-10,12-14H2,1H3. The smallest absolute Gasteiger partial charge is 0.243 e. The number of halogens is 2. The molecule has 1 aromatic heterocycles. The summed E-state index contributed by atoms with van der Waals surface area (Å²) in [6, 6.07) is 12.5. The Morgan fingerprint density at radius 3 is 2.67 bits per heavy atom. The third-order valence-corrected chi connectivity index (χ3v) is 7.24. The second-order valence-electron chi connectivity index (χ2n) is 7.16. The highest BCUT2D eigenvalue weighted by Gasteiger charge is 2.32. The first-order chi connectivity index (χ1) is 14.3. The van der Waals surface area contributed by atoms with Crippen LogP contribution >= 0.6 is 11.6 Å². The molecule has 0 atom stereocenters. The summed E-state index contributed by atoms with van der Waals surface area (Å²) >= 11 is 5.90. The average molecular weight is 450 g/mol. The lowest BCUT2D eigenvalue weighted by molar-refractivity contribution is 0.103. The molecule has 0 saturated heterocycles. The molecule has 0 unspecified atom stereocenters. The molecule has 0 saturated carbocycles. The first-order valence-electron chi connectivity index (χ1n) is 9.46. The van der Waals surface area contributed by atoms with Gasteiger partial charge in [-0.3, -0.25) is 4.68 Å². The van der Waals surface area contributed by atoms with Crippen LogP contribution in [-0.2, 0) is 48.0 Å². The Morgan fingerprint density at radius 2 is 1.93 bits per heavy atom. The molecule has 0 aliphatic carbocycles. The molecule has 0 N–H and O–H groups in total. The summed E-state index contributed by atoms with van der Waals surface area (Å²) in [5.41, 5.74) is 3.53. The topological polar surface area (TPSA) is 64.4 Å². The van der Waals surface area contributed by atoms with E-state index in [9.17, 15) is 12.8 Å². The second-order valence-corrected chi connectivity index (χ2v) is 9.54. The van der Waals surface area contributed by atoms with E-state index < -0.39 is 15.8 Å². The number of rotatable bonds is 6. The van der Waals surface area contributed by atoms with E-state index in [1.807, 2.05) is 19.2 Å². The van der Waals surface area contributed by atoms with E-state index in [1.165, 1.54) is 22.5 Å². The van der Waals surface area contributed by atoms with E-state index in [-0.39, 0.29) is 18.0 Å². The molecule has 2 heterocycles. The highest BCUT2D eigenvalue weighted by atomic mass is 35.5. The van der Waals surface area contributed by atoms with Crippen LogP contribution < -0.4 is 0 Å². The molecule has 1 aliphatic rings. The number of fused-ring (bicyclic) bond motifs is 1. The molecule has 0 fully saturated rings. The van der Waals surface area contributed by atoms with Crippen LogP contribution in [0.5, 0.6) is 0 Å². The lowest BCUT2D eigenvalue weighted by atomic mass is 10.1. The quantitative estimate of drug-likeness (QED) is 0.576. The maximum absolute atomic E-state index is 13.6. The van der Waals surface area contributed by atoms with E-state index in [0.29, 0.717) is 30.3 Å². The minimum Gasteiger partial charge on any atom is -0.370 e. The minimum absolute atomic E-state index is 0.0459. The monoisotopic (exact) mass is 449 g/mol. The van der Waals surface area contributed by atoms with Gasteiger partial charge >= 0.3 is 0 Å². The number of hydrogen-bond donors (Lipinski definition) is 0. The van der Waals surface area contributed by atoms with Gasteiger partial charge in [0.1, 0.15) is 5.82 Å². The SMILES string of the molecule is Cn1nc(COCc2ccc(Cl)cc2)c2c1CCN(S(=O)(=O)c1cccc(F)c1)C2. The zero-order valence-electron chi connectivity index (χ0n) is 16.4. The van der Waals surface area contributed by atoms with Gasteiger partial charge < -0.3 is 4.74 Å². The fourth-order valence-corrected chi connectivity index (χ4v) is 5.16. The number of benzene rings is 2. The first kappa shape index (κ1) is 21.0. The van der Waals surface area contributed by atoms with E-state index in [0.717, 1.165) is 22.9 Å². The Morgan fingerprint density at radius 1 is 1.17 bits per heavy atom. The molecule has 6 nitrogen and oxygen atoms in total. The summed E-state index contributed by atoms with van der Waals surface area (Å²) < 4.78 is 48.5. The fraction of sp³-hybridized carbons (Fsp3) is 0.286. The van der Waals surface area contributed by atoms with Gasteiger partial charge in [0.15, 0.2) is 0 Å². The number of sulfonamides is 1. The molecular formula is C21H21ClFN3O3S. The zero-order chi connectivity index (χ0) is 21.3. The fourth-order valence-electron chi connectivity index (χ4n) is 3.59. The molecule has 0 radical (unpaired) electrons.